The number of benzene rings is 1. The number of aliphatic imine (C=N–C) groups is 1. The van der Waals surface area contributed by atoms with Gasteiger partial charge in [0.15, 0.2) is 11.7 Å². The van der Waals surface area contributed by atoms with Gasteiger partial charge in [-0.2, -0.15) is 0 Å². The second-order valence-corrected chi connectivity index (χ2v) is 7.61. The lowest BCUT2D eigenvalue weighted by Crippen LogP contribution is -2.53. The number of nitrogens with one attached hydrogen (secondary N) is 1. The van der Waals surface area contributed by atoms with E-state index in [1.54, 1.807) is 12.1 Å². The minimum absolute atomic E-state index is 0. The van der Waals surface area contributed by atoms with E-state index in [1.165, 1.54) is 6.26 Å². The summed E-state index contributed by atoms with van der Waals surface area (Å²) >= 11 is 0. The molecule has 170 valence electrons. The molecule has 1 fully saturated rings. The Bertz CT molecular complexity index is 831. The second kappa shape index (κ2) is 12.7. The third-order valence-corrected chi connectivity index (χ3v) is 4.92. The van der Waals surface area contributed by atoms with Crippen molar-refractivity contribution in [3.05, 3.63) is 59.5 Å². The van der Waals surface area contributed by atoms with E-state index >= 15 is 0 Å². The SMILES string of the molecule is CCNC(=NCc1cccc(COC(C)C)c1)N1CCN(C(=O)c2ccco2)CC1.I. The molecule has 7 nitrogen and oxygen atoms in total. The molecule has 1 aliphatic heterocycles. The molecule has 1 N–H and O–H groups in total. The van der Waals surface area contributed by atoms with Gasteiger partial charge in [-0.3, -0.25) is 4.79 Å². The van der Waals surface area contributed by atoms with Crippen LogP contribution in [-0.4, -0.2) is 60.5 Å². The van der Waals surface area contributed by atoms with Crippen molar-refractivity contribution >= 4 is 35.8 Å². The fraction of sp³-hybridized carbons (Fsp3) is 0.478. The first-order valence-corrected chi connectivity index (χ1v) is 10.6. The summed E-state index contributed by atoms with van der Waals surface area (Å²) in [6, 6.07) is 11.8. The zero-order valence-electron chi connectivity index (χ0n) is 18.5. The Morgan fingerprint density at radius 2 is 1.84 bits per heavy atom. The fourth-order valence-corrected chi connectivity index (χ4v) is 3.35. The third-order valence-electron chi connectivity index (χ3n) is 4.92. The van der Waals surface area contributed by atoms with Crippen LogP contribution in [0.3, 0.4) is 0 Å². The Balaban J connectivity index is 0.00000341. The summed E-state index contributed by atoms with van der Waals surface area (Å²) in [7, 11) is 0. The molecular weight excluding hydrogens is 507 g/mol. The Morgan fingerprint density at radius 1 is 1.13 bits per heavy atom. The number of rotatable bonds is 7. The Hall–Kier alpha value is -2.07. The molecular formula is C23H33IN4O3. The normalized spacial score (nSPS) is 14.5. The molecule has 0 unspecified atom stereocenters. The molecule has 1 amide bonds. The number of ether oxygens (including phenoxy) is 1. The molecule has 1 aromatic carbocycles. The number of hydrogen-bond acceptors (Lipinski definition) is 4. The van der Waals surface area contributed by atoms with Crippen molar-refractivity contribution in [1.82, 2.24) is 15.1 Å². The van der Waals surface area contributed by atoms with Gasteiger partial charge in [0.2, 0.25) is 0 Å². The standard InChI is InChI=1S/C23H32N4O3.HI/c1-4-24-23(25-16-19-7-5-8-20(15-19)17-30-18(2)3)27-12-10-26(11-13-27)22(28)21-9-6-14-29-21;/h5-9,14-15,18H,4,10-13,16-17H2,1-3H3,(H,24,25);1H. The Kier molecular flexibility index (Phi) is 10.3. The molecule has 0 atom stereocenters. The molecule has 0 spiro atoms. The van der Waals surface area contributed by atoms with Gasteiger partial charge in [0, 0.05) is 32.7 Å². The van der Waals surface area contributed by atoms with Crippen molar-refractivity contribution in [3.8, 4) is 0 Å². The molecule has 8 heteroatoms. The van der Waals surface area contributed by atoms with Crippen molar-refractivity contribution in [1.29, 1.82) is 0 Å². The van der Waals surface area contributed by atoms with Crippen molar-refractivity contribution in [2.24, 2.45) is 4.99 Å². The summed E-state index contributed by atoms with van der Waals surface area (Å²) in [6.45, 7) is 10.9. The van der Waals surface area contributed by atoms with Crippen LogP contribution in [0.25, 0.3) is 0 Å². The minimum Gasteiger partial charge on any atom is -0.459 e. The molecule has 1 aliphatic rings. The molecule has 1 saturated heterocycles. The van der Waals surface area contributed by atoms with Crippen LogP contribution in [-0.2, 0) is 17.9 Å². The van der Waals surface area contributed by atoms with Gasteiger partial charge >= 0.3 is 0 Å². The molecule has 0 aliphatic carbocycles. The highest BCUT2D eigenvalue weighted by molar-refractivity contribution is 14.0. The average molecular weight is 540 g/mol. The smallest absolute Gasteiger partial charge is 0.289 e. The highest BCUT2D eigenvalue weighted by Gasteiger charge is 2.25. The Labute approximate surface area is 201 Å². The van der Waals surface area contributed by atoms with Crippen LogP contribution < -0.4 is 5.32 Å². The zero-order valence-corrected chi connectivity index (χ0v) is 20.9. The van der Waals surface area contributed by atoms with Crippen LogP contribution in [0.5, 0.6) is 0 Å². The van der Waals surface area contributed by atoms with Crippen LogP contribution >= 0.6 is 24.0 Å². The number of furan rings is 1. The number of halogens is 1. The zero-order chi connectivity index (χ0) is 21.3. The predicted molar refractivity (Wildman–Crippen MR) is 133 cm³/mol. The van der Waals surface area contributed by atoms with Crippen LogP contribution in [0.1, 0.15) is 42.5 Å². The van der Waals surface area contributed by atoms with E-state index in [1.807, 2.05) is 18.7 Å². The Morgan fingerprint density at radius 3 is 2.48 bits per heavy atom. The number of carbonyl (C=O) groups excluding carboxylic acids is 1. The number of hydrogen-bond donors (Lipinski definition) is 1. The maximum absolute atomic E-state index is 12.5. The first kappa shape index (κ1) is 25.2. The molecule has 0 bridgehead atoms. The van der Waals surface area contributed by atoms with Gasteiger partial charge in [0.05, 0.1) is 25.5 Å². The minimum atomic E-state index is -0.0537. The van der Waals surface area contributed by atoms with Crippen LogP contribution in [0.15, 0.2) is 52.1 Å². The van der Waals surface area contributed by atoms with Crippen LogP contribution in [0.2, 0.25) is 0 Å². The van der Waals surface area contributed by atoms with Crippen molar-refractivity contribution in [2.75, 3.05) is 32.7 Å². The van der Waals surface area contributed by atoms with Gasteiger partial charge in [-0.1, -0.05) is 24.3 Å². The predicted octanol–water partition coefficient (Wildman–Crippen LogP) is 3.75. The molecule has 2 aromatic rings. The van der Waals surface area contributed by atoms with Gasteiger partial charge in [0.25, 0.3) is 5.91 Å². The van der Waals surface area contributed by atoms with Gasteiger partial charge in [0.1, 0.15) is 0 Å². The summed E-state index contributed by atoms with van der Waals surface area (Å²) in [5.74, 6) is 1.22. The number of nitrogens with zero attached hydrogens (tertiary/aromatic N) is 3. The lowest BCUT2D eigenvalue weighted by atomic mass is 10.1. The number of amides is 1. The summed E-state index contributed by atoms with van der Waals surface area (Å²) < 4.78 is 10.9. The topological polar surface area (TPSA) is 70.3 Å². The summed E-state index contributed by atoms with van der Waals surface area (Å²) in [6.07, 6.45) is 1.74. The number of guanidine groups is 1. The maximum Gasteiger partial charge on any atom is 0.289 e. The number of piperazine rings is 1. The van der Waals surface area contributed by atoms with Crippen molar-refractivity contribution in [2.45, 2.75) is 40.0 Å². The second-order valence-electron chi connectivity index (χ2n) is 7.61. The van der Waals surface area contributed by atoms with E-state index < -0.39 is 0 Å². The fourth-order valence-electron chi connectivity index (χ4n) is 3.35. The van der Waals surface area contributed by atoms with E-state index in [4.69, 9.17) is 14.1 Å². The van der Waals surface area contributed by atoms with Crippen LogP contribution in [0.4, 0.5) is 0 Å². The van der Waals surface area contributed by atoms with E-state index in [0.717, 1.165) is 36.7 Å². The van der Waals surface area contributed by atoms with Crippen LogP contribution in [0, 0.1) is 0 Å². The maximum atomic E-state index is 12.5. The summed E-state index contributed by atoms with van der Waals surface area (Å²) in [5, 5.41) is 3.38. The van der Waals surface area contributed by atoms with Crippen molar-refractivity contribution < 1.29 is 13.9 Å². The molecule has 0 radical (unpaired) electrons. The first-order valence-electron chi connectivity index (χ1n) is 10.6. The van der Waals surface area contributed by atoms with Gasteiger partial charge in [-0.15, -0.1) is 24.0 Å². The lowest BCUT2D eigenvalue weighted by molar-refractivity contribution is 0.0653. The molecule has 2 heterocycles. The van der Waals surface area contributed by atoms with E-state index in [2.05, 4.69) is 41.4 Å². The lowest BCUT2D eigenvalue weighted by Gasteiger charge is -2.36. The monoisotopic (exact) mass is 540 g/mol. The van der Waals surface area contributed by atoms with Gasteiger partial charge in [-0.05, 0) is 44.0 Å². The highest BCUT2D eigenvalue weighted by atomic mass is 127. The average Bonchev–Trinajstić information content (AvgIpc) is 3.30. The summed E-state index contributed by atoms with van der Waals surface area (Å²) in [5.41, 5.74) is 2.31. The van der Waals surface area contributed by atoms with E-state index in [0.29, 0.717) is 32.0 Å². The first-order chi connectivity index (χ1) is 14.6. The number of carbonyl (C=O) groups is 1. The molecule has 1 aromatic heterocycles. The van der Waals surface area contributed by atoms with Gasteiger partial charge in [-0.25, -0.2) is 4.99 Å². The molecule has 0 saturated carbocycles. The largest absolute Gasteiger partial charge is 0.459 e. The molecule has 31 heavy (non-hydrogen) atoms. The highest BCUT2D eigenvalue weighted by Crippen LogP contribution is 2.12. The van der Waals surface area contributed by atoms with Crippen molar-refractivity contribution in [3.63, 3.8) is 0 Å². The van der Waals surface area contributed by atoms with E-state index in [-0.39, 0.29) is 36.0 Å². The van der Waals surface area contributed by atoms with Gasteiger partial charge < -0.3 is 24.3 Å². The summed E-state index contributed by atoms with van der Waals surface area (Å²) in [4.78, 5) is 21.3. The quantitative estimate of drug-likeness (QED) is 0.329. The van der Waals surface area contributed by atoms with E-state index in [9.17, 15) is 4.79 Å². The molecule has 3 rings (SSSR count). The third kappa shape index (κ3) is 7.53.